The first-order valence-electron chi connectivity index (χ1n) is 6.11. The zero-order chi connectivity index (χ0) is 14.7. The van der Waals surface area contributed by atoms with E-state index >= 15 is 0 Å². The number of ether oxygens (including phenoxy) is 1. The third-order valence-corrected chi connectivity index (χ3v) is 3.40. The highest BCUT2D eigenvalue weighted by atomic mass is 79.9. The van der Waals surface area contributed by atoms with E-state index in [1.807, 2.05) is 31.1 Å². The topological polar surface area (TPSA) is 38.5 Å². The molecule has 0 aliphatic carbocycles. The Kier molecular flexibility index (Phi) is 4.49. The number of nitrogens with zero attached hydrogens (tertiary/aromatic N) is 1. The van der Waals surface area contributed by atoms with Gasteiger partial charge in [0, 0.05) is 35.9 Å². The van der Waals surface area contributed by atoms with Gasteiger partial charge < -0.3 is 15.4 Å². The number of rotatable bonds is 4. The molecule has 0 aliphatic rings. The van der Waals surface area contributed by atoms with Gasteiger partial charge in [-0.05, 0) is 30.3 Å². The molecule has 0 unspecified atom stereocenters. The van der Waals surface area contributed by atoms with Gasteiger partial charge in [-0.25, -0.2) is 4.39 Å². The fourth-order valence-corrected chi connectivity index (χ4v) is 2.14. The molecule has 2 rings (SSSR count). The molecule has 3 nitrogen and oxygen atoms in total. The summed E-state index contributed by atoms with van der Waals surface area (Å²) in [6, 6.07) is 10.3. The van der Waals surface area contributed by atoms with Gasteiger partial charge in [0.25, 0.3) is 0 Å². The minimum Gasteiger partial charge on any atom is -0.487 e. The van der Waals surface area contributed by atoms with Crippen LogP contribution < -0.4 is 15.4 Å². The Bertz CT molecular complexity index is 617. The number of halogens is 2. The van der Waals surface area contributed by atoms with Crippen LogP contribution in [0.2, 0.25) is 0 Å². The van der Waals surface area contributed by atoms with Crippen molar-refractivity contribution in [1.29, 1.82) is 0 Å². The first-order chi connectivity index (χ1) is 9.47. The standard InChI is InChI=1S/C15H16BrFN2O/c1-19(2)12-4-6-14(18)15(8-12)20-9-10-7-11(16)3-5-13(10)17/h3-8H,9,18H2,1-2H3. The third-order valence-electron chi connectivity index (χ3n) is 2.90. The lowest BCUT2D eigenvalue weighted by Gasteiger charge is -2.16. The van der Waals surface area contributed by atoms with Crippen LogP contribution in [0.15, 0.2) is 40.9 Å². The fraction of sp³-hybridized carbons (Fsp3) is 0.200. The second kappa shape index (κ2) is 6.13. The van der Waals surface area contributed by atoms with Crippen LogP contribution in [0, 0.1) is 5.82 Å². The lowest BCUT2D eigenvalue weighted by atomic mass is 10.2. The summed E-state index contributed by atoms with van der Waals surface area (Å²) in [6.45, 7) is 0.131. The minimum atomic E-state index is -0.296. The number of nitrogens with two attached hydrogens (primary N) is 1. The maximum Gasteiger partial charge on any atom is 0.144 e. The number of benzene rings is 2. The van der Waals surface area contributed by atoms with Crippen LogP contribution >= 0.6 is 15.9 Å². The highest BCUT2D eigenvalue weighted by Crippen LogP contribution is 2.28. The summed E-state index contributed by atoms with van der Waals surface area (Å²) in [5, 5.41) is 0. The average molecular weight is 339 g/mol. The summed E-state index contributed by atoms with van der Waals surface area (Å²) in [4.78, 5) is 1.95. The summed E-state index contributed by atoms with van der Waals surface area (Å²) in [6.07, 6.45) is 0. The highest BCUT2D eigenvalue weighted by Gasteiger charge is 2.07. The Morgan fingerprint density at radius 2 is 1.95 bits per heavy atom. The first-order valence-corrected chi connectivity index (χ1v) is 6.90. The molecule has 0 saturated heterocycles. The van der Waals surface area contributed by atoms with E-state index in [1.54, 1.807) is 18.2 Å². The van der Waals surface area contributed by atoms with E-state index in [4.69, 9.17) is 10.5 Å². The van der Waals surface area contributed by atoms with Crippen LogP contribution in [0.25, 0.3) is 0 Å². The molecule has 5 heteroatoms. The summed E-state index contributed by atoms with van der Waals surface area (Å²) < 4.78 is 20.1. The number of nitrogen functional groups attached to an aromatic ring is 1. The van der Waals surface area contributed by atoms with E-state index in [2.05, 4.69) is 15.9 Å². The molecule has 0 spiro atoms. The van der Waals surface area contributed by atoms with E-state index in [0.29, 0.717) is 17.0 Å². The van der Waals surface area contributed by atoms with Gasteiger partial charge in [0.2, 0.25) is 0 Å². The fourth-order valence-electron chi connectivity index (χ4n) is 1.74. The lowest BCUT2D eigenvalue weighted by molar-refractivity contribution is 0.301. The van der Waals surface area contributed by atoms with Gasteiger partial charge in [0.15, 0.2) is 0 Å². The molecule has 0 aliphatic heterocycles. The van der Waals surface area contributed by atoms with Gasteiger partial charge >= 0.3 is 0 Å². The second-order valence-electron chi connectivity index (χ2n) is 4.64. The molecule has 2 aromatic carbocycles. The normalized spacial score (nSPS) is 10.4. The van der Waals surface area contributed by atoms with Crippen LogP contribution in [0.5, 0.6) is 5.75 Å². The molecule has 0 bridgehead atoms. The third kappa shape index (κ3) is 3.42. The quantitative estimate of drug-likeness (QED) is 0.861. The molecule has 0 fully saturated rings. The predicted octanol–water partition coefficient (Wildman–Crippen LogP) is 3.82. The van der Waals surface area contributed by atoms with Crippen LogP contribution in [0.4, 0.5) is 15.8 Å². The molecule has 0 heterocycles. The lowest BCUT2D eigenvalue weighted by Crippen LogP contribution is -2.09. The van der Waals surface area contributed by atoms with E-state index < -0.39 is 0 Å². The Morgan fingerprint density at radius 1 is 1.20 bits per heavy atom. The molecule has 106 valence electrons. The zero-order valence-electron chi connectivity index (χ0n) is 11.4. The number of hydrogen-bond donors (Lipinski definition) is 1. The maximum atomic E-state index is 13.6. The van der Waals surface area contributed by atoms with Crippen molar-refractivity contribution in [3.05, 3.63) is 52.3 Å². The molecule has 0 radical (unpaired) electrons. The molecule has 2 aromatic rings. The Labute approximate surface area is 126 Å². The summed E-state index contributed by atoms with van der Waals surface area (Å²) in [7, 11) is 3.87. The first kappa shape index (κ1) is 14.7. The largest absolute Gasteiger partial charge is 0.487 e. The van der Waals surface area contributed by atoms with Gasteiger partial charge in [-0.3, -0.25) is 0 Å². The van der Waals surface area contributed by atoms with Gasteiger partial charge in [-0.15, -0.1) is 0 Å². The Balaban J connectivity index is 2.18. The summed E-state index contributed by atoms with van der Waals surface area (Å²) >= 11 is 3.31. The van der Waals surface area contributed by atoms with Gasteiger partial charge in [0.1, 0.15) is 18.2 Å². The summed E-state index contributed by atoms with van der Waals surface area (Å²) in [5.74, 6) is 0.256. The van der Waals surface area contributed by atoms with Crippen molar-refractivity contribution in [2.45, 2.75) is 6.61 Å². The smallest absolute Gasteiger partial charge is 0.144 e. The van der Waals surface area contributed by atoms with Crippen molar-refractivity contribution >= 4 is 27.3 Å². The van der Waals surface area contributed by atoms with Crippen LogP contribution in [-0.4, -0.2) is 14.1 Å². The van der Waals surface area contributed by atoms with Crippen molar-refractivity contribution in [2.75, 3.05) is 24.7 Å². The molecule has 2 N–H and O–H groups in total. The second-order valence-corrected chi connectivity index (χ2v) is 5.56. The van der Waals surface area contributed by atoms with Crippen LogP contribution in [0.3, 0.4) is 0 Å². The highest BCUT2D eigenvalue weighted by molar-refractivity contribution is 9.10. The Hall–Kier alpha value is -1.75. The average Bonchev–Trinajstić information content (AvgIpc) is 2.41. The van der Waals surface area contributed by atoms with Crippen molar-refractivity contribution in [3.63, 3.8) is 0 Å². The summed E-state index contributed by atoms with van der Waals surface area (Å²) in [5.41, 5.74) is 7.86. The van der Waals surface area contributed by atoms with E-state index in [-0.39, 0.29) is 12.4 Å². The van der Waals surface area contributed by atoms with Crippen molar-refractivity contribution in [2.24, 2.45) is 0 Å². The van der Waals surface area contributed by atoms with Crippen molar-refractivity contribution in [3.8, 4) is 5.75 Å². The molecule has 0 saturated carbocycles. The predicted molar refractivity (Wildman–Crippen MR) is 83.6 cm³/mol. The molecular weight excluding hydrogens is 323 g/mol. The molecule has 20 heavy (non-hydrogen) atoms. The van der Waals surface area contributed by atoms with Crippen molar-refractivity contribution < 1.29 is 9.13 Å². The monoisotopic (exact) mass is 338 g/mol. The Morgan fingerprint density at radius 3 is 2.65 bits per heavy atom. The van der Waals surface area contributed by atoms with Crippen LogP contribution in [0.1, 0.15) is 5.56 Å². The zero-order valence-corrected chi connectivity index (χ0v) is 12.9. The number of anilines is 2. The van der Waals surface area contributed by atoms with Gasteiger partial charge in [-0.1, -0.05) is 15.9 Å². The van der Waals surface area contributed by atoms with Gasteiger partial charge in [0.05, 0.1) is 5.69 Å². The van der Waals surface area contributed by atoms with E-state index in [1.165, 1.54) is 6.07 Å². The molecular formula is C15H16BrFN2O. The molecule has 0 aromatic heterocycles. The van der Waals surface area contributed by atoms with Gasteiger partial charge in [-0.2, -0.15) is 0 Å². The molecule has 0 amide bonds. The SMILES string of the molecule is CN(C)c1ccc(N)c(OCc2cc(Br)ccc2F)c1. The number of hydrogen-bond acceptors (Lipinski definition) is 3. The van der Waals surface area contributed by atoms with E-state index in [0.717, 1.165) is 10.2 Å². The molecule has 0 atom stereocenters. The minimum absolute atomic E-state index is 0.131. The van der Waals surface area contributed by atoms with Crippen LogP contribution in [-0.2, 0) is 6.61 Å². The maximum absolute atomic E-state index is 13.6. The van der Waals surface area contributed by atoms with Crippen molar-refractivity contribution in [1.82, 2.24) is 0 Å². The van der Waals surface area contributed by atoms with E-state index in [9.17, 15) is 4.39 Å².